The molecule has 1 rings (SSSR count). The first-order chi connectivity index (χ1) is 7.50. The Balaban J connectivity index is 2.42. The van der Waals surface area contributed by atoms with E-state index in [2.05, 4.69) is 9.97 Å². The van der Waals surface area contributed by atoms with Crippen molar-refractivity contribution < 1.29 is 4.79 Å². The Hall–Kier alpha value is -1.36. The number of carbonyl (C=O) groups excluding carboxylic acids is 1. The number of amides is 1. The molecule has 1 heterocycles. The van der Waals surface area contributed by atoms with Crippen molar-refractivity contribution in [2.24, 2.45) is 11.7 Å². The fraction of sp³-hybridized carbons (Fsp3) is 0.636. The molecule has 1 atom stereocenters. The molecule has 5 heteroatoms. The quantitative estimate of drug-likeness (QED) is 0.774. The van der Waals surface area contributed by atoms with E-state index in [1.54, 1.807) is 24.3 Å². The maximum absolute atomic E-state index is 11.8. The molecule has 0 spiro atoms. The van der Waals surface area contributed by atoms with E-state index in [1.807, 2.05) is 13.8 Å². The molecule has 1 amide bonds. The van der Waals surface area contributed by atoms with Crippen molar-refractivity contribution in [3.8, 4) is 0 Å². The van der Waals surface area contributed by atoms with Crippen LogP contribution >= 0.6 is 0 Å². The van der Waals surface area contributed by atoms with Gasteiger partial charge < -0.3 is 15.6 Å². The van der Waals surface area contributed by atoms with Gasteiger partial charge in [-0.05, 0) is 5.92 Å². The number of nitrogens with one attached hydrogen (secondary N) is 1. The van der Waals surface area contributed by atoms with Gasteiger partial charge in [0, 0.05) is 31.9 Å². The molecular formula is C11H20N4O. The lowest BCUT2D eigenvalue weighted by molar-refractivity contribution is -0.131. The van der Waals surface area contributed by atoms with Crippen molar-refractivity contribution in [3.63, 3.8) is 0 Å². The third-order valence-corrected chi connectivity index (χ3v) is 2.63. The van der Waals surface area contributed by atoms with Crippen LogP contribution in [0.25, 0.3) is 0 Å². The largest absolute Gasteiger partial charge is 0.347 e. The van der Waals surface area contributed by atoms with Crippen LogP contribution in [0, 0.1) is 5.92 Å². The average molecular weight is 224 g/mol. The van der Waals surface area contributed by atoms with E-state index in [-0.39, 0.29) is 11.9 Å². The molecule has 5 nitrogen and oxygen atoms in total. The Bertz CT molecular complexity index is 321. The molecule has 0 bridgehead atoms. The second-order valence-electron chi connectivity index (χ2n) is 4.40. The van der Waals surface area contributed by atoms with Gasteiger partial charge in [0.2, 0.25) is 5.91 Å². The van der Waals surface area contributed by atoms with Crippen LogP contribution in [-0.2, 0) is 11.3 Å². The summed E-state index contributed by atoms with van der Waals surface area (Å²) < 4.78 is 0. The van der Waals surface area contributed by atoms with E-state index in [1.165, 1.54) is 0 Å². The monoisotopic (exact) mass is 224 g/mol. The molecule has 1 unspecified atom stereocenters. The molecule has 1 aromatic rings. The Morgan fingerprint density at radius 1 is 1.62 bits per heavy atom. The minimum atomic E-state index is -0.0773. The van der Waals surface area contributed by atoms with E-state index in [9.17, 15) is 4.79 Å². The van der Waals surface area contributed by atoms with Crippen LogP contribution in [0.4, 0.5) is 0 Å². The van der Waals surface area contributed by atoms with Crippen LogP contribution in [0.3, 0.4) is 0 Å². The highest BCUT2D eigenvalue weighted by Crippen LogP contribution is 2.06. The summed E-state index contributed by atoms with van der Waals surface area (Å²) in [6, 6.07) is -0.0773. The number of rotatable bonds is 5. The van der Waals surface area contributed by atoms with Crippen molar-refractivity contribution in [2.75, 3.05) is 7.05 Å². The van der Waals surface area contributed by atoms with Crippen LogP contribution in [0.5, 0.6) is 0 Å². The van der Waals surface area contributed by atoms with E-state index in [0.29, 0.717) is 18.9 Å². The Kier molecular flexibility index (Phi) is 4.49. The van der Waals surface area contributed by atoms with Gasteiger partial charge in [0.25, 0.3) is 0 Å². The number of imidazole rings is 1. The zero-order valence-corrected chi connectivity index (χ0v) is 10.1. The Morgan fingerprint density at radius 3 is 2.81 bits per heavy atom. The summed E-state index contributed by atoms with van der Waals surface area (Å²) in [4.78, 5) is 20.5. The van der Waals surface area contributed by atoms with Crippen LogP contribution in [0.1, 0.15) is 26.1 Å². The van der Waals surface area contributed by atoms with Gasteiger partial charge in [-0.2, -0.15) is 0 Å². The number of aromatic amines is 1. The van der Waals surface area contributed by atoms with E-state index in [4.69, 9.17) is 5.73 Å². The maximum atomic E-state index is 11.8. The van der Waals surface area contributed by atoms with Crippen LogP contribution in [0.2, 0.25) is 0 Å². The molecular weight excluding hydrogens is 204 g/mol. The number of hydrogen-bond acceptors (Lipinski definition) is 3. The molecule has 0 saturated heterocycles. The van der Waals surface area contributed by atoms with Crippen molar-refractivity contribution in [1.82, 2.24) is 14.9 Å². The zero-order valence-electron chi connectivity index (χ0n) is 10.1. The predicted octanol–water partition coefficient (Wildman–Crippen LogP) is 0.741. The fourth-order valence-electron chi connectivity index (χ4n) is 1.29. The molecule has 3 N–H and O–H groups in total. The van der Waals surface area contributed by atoms with Crippen LogP contribution < -0.4 is 5.73 Å². The standard InChI is InChI=1S/C11H20N4O/c1-8(2)9(12)6-11(16)15(3)7-10-13-4-5-14-10/h4-5,8-9H,6-7,12H2,1-3H3,(H,13,14). The lowest BCUT2D eigenvalue weighted by Crippen LogP contribution is -2.35. The van der Waals surface area contributed by atoms with E-state index in [0.717, 1.165) is 5.82 Å². The second kappa shape index (κ2) is 5.65. The van der Waals surface area contributed by atoms with Crippen molar-refractivity contribution in [2.45, 2.75) is 32.9 Å². The third-order valence-electron chi connectivity index (χ3n) is 2.63. The van der Waals surface area contributed by atoms with Gasteiger partial charge in [0.1, 0.15) is 5.82 Å². The summed E-state index contributed by atoms with van der Waals surface area (Å²) in [6.45, 7) is 4.53. The highest BCUT2D eigenvalue weighted by Gasteiger charge is 2.16. The molecule has 0 aliphatic heterocycles. The summed E-state index contributed by atoms with van der Waals surface area (Å²) in [6.07, 6.45) is 3.80. The van der Waals surface area contributed by atoms with Crippen molar-refractivity contribution in [1.29, 1.82) is 0 Å². The molecule has 16 heavy (non-hydrogen) atoms. The first-order valence-electron chi connectivity index (χ1n) is 5.48. The molecule has 0 radical (unpaired) electrons. The molecule has 0 aromatic carbocycles. The van der Waals surface area contributed by atoms with Crippen molar-refractivity contribution in [3.05, 3.63) is 18.2 Å². The number of nitrogens with zero attached hydrogens (tertiary/aromatic N) is 2. The first kappa shape index (κ1) is 12.7. The highest BCUT2D eigenvalue weighted by molar-refractivity contribution is 5.76. The first-order valence-corrected chi connectivity index (χ1v) is 5.48. The van der Waals surface area contributed by atoms with Gasteiger partial charge in [-0.1, -0.05) is 13.8 Å². The van der Waals surface area contributed by atoms with E-state index >= 15 is 0 Å². The summed E-state index contributed by atoms with van der Waals surface area (Å²) in [5, 5.41) is 0. The van der Waals surface area contributed by atoms with Gasteiger partial charge in [-0.3, -0.25) is 4.79 Å². The number of carbonyl (C=O) groups is 1. The fourth-order valence-corrected chi connectivity index (χ4v) is 1.29. The number of hydrogen-bond donors (Lipinski definition) is 2. The second-order valence-corrected chi connectivity index (χ2v) is 4.40. The Morgan fingerprint density at radius 2 is 2.31 bits per heavy atom. The molecule has 1 aromatic heterocycles. The van der Waals surface area contributed by atoms with Gasteiger partial charge >= 0.3 is 0 Å². The van der Waals surface area contributed by atoms with Crippen molar-refractivity contribution >= 4 is 5.91 Å². The topological polar surface area (TPSA) is 75.0 Å². The Labute approximate surface area is 96.0 Å². The normalized spacial score (nSPS) is 12.8. The zero-order chi connectivity index (χ0) is 12.1. The minimum Gasteiger partial charge on any atom is -0.347 e. The summed E-state index contributed by atoms with van der Waals surface area (Å²) in [5.41, 5.74) is 5.86. The summed E-state index contributed by atoms with van der Waals surface area (Å²) in [5.74, 6) is 1.16. The average Bonchev–Trinajstić information content (AvgIpc) is 2.69. The molecule has 90 valence electrons. The molecule has 0 aliphatic carbocycles. The predicted molar refractivity (Wildman–Crippen MR) is 62.5 cm³/mol. The van der Waals surface area contributed by atoms with Gasteiger partial charge in [-0.25, -0.2) is 4.98 Å². The summed E-state index contributed by atoms with van der Waals surface area (Å²) in [7, 11) is 1.76. The minimum absolute atomic E-state index is 0.0533. The highest BCUT2D eigenvalue weighted by atomic mass is 16.2. The van der Waals surface area contributed by atoms with E-state index < -0.39 is 0 Å². The third kappa shape index (κ3) is 3.66. The summed E-state index contributed by atoms with van der Waals surface area (Å²) >= 11 is 0. The number of H-pyrrole nitrogens is 1. The van der Waals surface area contributed by atoms with Crippen LogP contribution in [0.15, 0.2) is 12.4 Å². The maximum Gasteiger partial charge on any atom is 0.224 e. The van der Waals surface area contributed by atoms with Crippen LogP contribution in [-0.4, -0.2) is 33.9 Å². The lowest BCUT2D eigenvalue weighted by Gasteiger charge is -2.20. The molecule has 0 saturated carbocycles. The van der Waals surface area contributed by atoms with Gasteiger partial charge in [0.05, 0.1) is 6.54 Å². The smallest absolute Gasteiger partial charge is 0.224 e. The SMILES string of the molecule is CC(C)C(N)CC(=O)N(C)Cc1ncc[nH]1. The lowest BCUT2D eigenvalue weighted by atomic mass is 10.0. The van der Waals surface area contributed by atoms with Gasteiger partial charge in [0.15, 0.2) is 0 Å². The van der Waals surface area contributed by atoms with Gasteiger partial charge in [-0.15, -0.1) is 0 Å². The molecule has 0 fully saturated rings. The number of nitrogens with two attached hydrogens (primary N) is 1. The number of aromatic nitrogens is 2. The molecule has 0 aliphatic rings.